The quantitative estimate of drug-likeness (QED) is 0.209. The summed E-state index contributed by atoms with van der Waals surface area (Å²) in [7, 11) is 0. The highest BCUT2D eigenvalue weighted by Crippen LogP contribution is 2.12. The van der Waals surface area contributed by atoms with Gasteiger partial charge in [0, 0.05) is 13.0 Å². The molecule has 0 radical (unpaired) electrons. The number of ether oxygens (including phenoxy) is 3. The Balaban J connectivity index is 1.87. The first-order valence-corrected chi connectivity index (χ1v) is 11.5. The first-order valence-electron chi connectivity index (χ1n) is 11.5. The van der Waals surface area contributed by atoms with Gasteiger partial charge in [-0.3, -0.25) is 9.59 Å². The summed E-state index contributed by atoms with van der Waals surface area (Å²) in [5, 5.41) is 16.5. The van der Waals surface area contributed by atoms with Gasteiger partial charge in [0.15, 0.2) is 0 Å². The molecule has 0 aromatic heterocycles. The average molecular weight is 492 g/mol. The minimum absolute atomic E-state index is 0.0244. The number of benzene rings is 1. The van der Waals surface area contributed by atoms with E-state index in [4.69, 9.17) is 19.3 Å². The number of rotatable bonds is 10. The van der Waals surface area contributed by atoms with Gasteiger partial charge >= 0.3 is 12.1 Å². The second kappa shape index (κ2) is 16.2. The van der Waals surface area contributed by atoms with Gasteiger partial charge in [0.2, 0.25) is 11.8 Å². The van der Waals surface area contributed by atoms with E-state index < -0.39 is 24.0 Å². The molecule has 0 saturated heterocycles. The molecular weight excluding hydrogens is 458 g/mol. The van der Waals surface area contributed by atoms with E-state index in [1.54, 1.807) is 12.2 Å². The van der Waals surface area contributed by atoms with Crippen LogP contribution in [0, 0.1) is 5.92 Å². The largest absolute Gasteiger partial charge is 0.462 e. The summed E-state index contributed by atoms with van der Waals surface area (Å²) in [4.78, 5) is 49.2. The Kier molecular flexibility index (Phi) is 12.9. The van der Waals surface area contributed by atoms with E-state index in [0.717, 1.165) is 5.56 Å². The van der Waals surface area contributed by atoms with Crippen molar-refractivity contribution in [1.82, 2.24) is 16.0 Å². The summed E-state index contributed by atoms with van der Waals surface area (Å²) in [6, 6.07) is 8.19. The topological polar surface area (TPSA) is 152 Å². The van der Waals surface area contributed by atoms with Crippen LogP contribution in [0.4, 0.5) is 4.79 Å². The Morgan fingerprint density at radius 1 is 1.11 bits per heavy atom. The van der Waals surface area contributed by atoms with E-state index in [2.05, 4.69) is 16.0 Å². The van der Waals surface area contributed by atoms with Crippen molar-refractivity contribution in [3.8, 4) is 0 Å². The van der Waals surface area contributed by atoms with Crippen molar-refractivity contribution in [2.75, 3.05) is 39.5 Å². The lowest BCUT2D eigenvalue weighted by atomic mass is 9.98. The molecule has 11 heteroatoms. The van der Waals surface area contributed by atoms with Crippen molar-refractivity contribution in [1.29, 1.82) is 0 Å². The highest BCUT2D eigenvalue weighted by molar-refractivity contribution is 5.86. The summed E-state index contributed by atoms with van der Waals surface area (Å²) >= 11 is 0. The smallest absolute Gasteiger partial charge is 0.408 e. The maximum absolute atomic E-state index is 12.5. The SMILES string of the molecule is O=C(C[C@H]1CC=CC[C@@H](NC(=O)OCc2ccccc2)C(=O)OCCNC1=O)NCCOCCO. The number of amides is 3. The summed E-state index contributed by atoms with van der Waals surface area (Å²) in [5.74, 6) is -1.87. The molecule has 0 bridgehead atoms. The van der Waals surface area contributed by atoms with Crippen LogP contribution in [0.5, 0.6) is 0 Å². The molecule has 1 aliphatic rings. The van der Waals surface area contributed by atoms with Crippen molar-refractivity contribution in [2.45, 2.75) is 31.9 Å². The third-order valence-electron chi connectivity index (χ3n) is 5.00. The van der Waals surface area contributed by atoms with Crippen LogP contribution in [0.25, 0.3) is 0 Å². The van der Waals surface area contributed by atoms with Crippen LogP contribution in [0.3, 0.4) is 0 Å². The number of alkyl carbamates (subject to hydrolysis) is 1. The van der Waals surface area contributed by atoms with E-state index in [9.17, 15) is 19.2 Å². The van der Waals surface area contributed by atoms with Crippen molar-refractivity contribution < 1.29 is 38.5 Å². The number of nitrogens with one attached hydrogen (secondary N) is 3. The first-order chi connectivity index (χ1) is 17.0. The zero-order valence-electron chi connectivity index (χ0n) is 19.6. The fourth-order valence-corrected chi connectivity index (χ4v) is 3.19. The number of cyclic esters (lactones) is 1. The standard InChI is InChI=1S/C24H33N3O8/c28-12-15-33-13-10-25-21(29)16-19-8-4-5-9-20(23(31)34-14-11-26-22(19)30)27-24(32)35-17-18-6-2-1-3-7-18/h1-7,19-20,28H,8-17H2,(H,25,29)(H,26,30)(H,27,32)/t19-,20-/m1/s1. The minimum Gasteiger partial charge on any atom is -0.462 e. The number of hydrogen-bond acceptors (Lipinski definition) is 8. The molecule has 1 aromatic carbocycles. The molecule has 0 aliphatic carbocycles. The molecule has 2 rings (SSSR count). The van der Waals surface area contributed by atoms with Crippen LogP contribution < -0.4 is 16.0 Å². The molecule has 3 amide bonds. The second-order valence-electron chi connectivity index (χ2n) is 7.75. The summed E-state index contributed by atoms with van der Waals surface area (Å²) in [6.45, 7) is 0.691. The molecule has 1 aliphatic heterocycles. The van der Waals surface area contributed by atoms with E-state index >= 15 is 0 Å². The van der Waals surface area contributed by atoms with Crippen LogP contribution in [0.1, 0.15) is 24.8 Å². The van der Waals surface area contributed by atoms with Gasteiger partial charge in [-0.1, -0.05) is 42.5 Å². The van der Waals surface area contributed by atoms with E-state index in [1.165, 1.54) is 0 Å². The van der Waals surface area contributed by atoms with Crippen molar-refractivity contribution in [3.05, 3.63) is 48.0 Å². The zero-order valence-corrected chi connectivity index (χ0v) is 19.6. The van der Waals surface area contributed by atoms with Crippen molar-refractivity contribution in [3.63, 3.8) is 0 Å². The molecule has 1 aromatic rings. The Morgan fingerprint density at radius 2 is 1.89 bits per heavy atom. The molecule has 0 saturated carbocycles. The molecule has 192 valence electrons. The Hall–Kier alpha value is -3.44. The zero-order chi connectivity index (χ0) is 25.3. The van der Waals surface area contributed by atoms with Gasteiger partial charge in [0.25, 0.3) is 0 Å². The maximum Gasteiger partial charge on any atom is 0.408 e. The third-order valence-corrected chi connectivity index (χ3v) is 5.00. The molecule has 1 heterocycles. The number of carbonyl (C=O) groups excluding carboxylic acids is 4. The average Bonchev–Trinajstić information content (AvgIpc) is 2.86. The number of hydrogen-bond donors (Lipinski definition) is 4. The van der Waals surface area contributed by atoms with E-state index in [-0.39, 0.29) is 77.2 Å². The number of aliphatic hydroxyl groups excluding tert-OH is 1. The van der Waals surface area contributed by atoms with Crippen LogP contribution >= 0.6 is 0 Å². The summed E-state index contributed by atoms with van der Waals surface area (Å²) in [6.07, 6.45) is 3.00. The third kappa shape index (κ3) is 11.5. The predicted octanol–water partition coefficient (Wildman–Crippen LogP) is 0.422. The lowest BCUT2D eigenvalue weighted by molar-refractivity contribution is -0.146. The number of aliphatic hydroxyl groups is 1. The first kappa shape index (κ1) is 27.8. The monoisotopic (exact) mass is 491 g/mol. The summed E-state index contributed by atoms with van der Waals surface area (Å²) < 4.78 is 15.4. The maximum atomic E-state index is 12.5. The Morgan fingerprint density at radius 3 is 2.66 bits per heavy atom. The van der Waals surface area contributed by atoms with Gasteiger partial charge in [-0.25, -0.2) is 9.59 Å². The molecular formula is C24H33N3O8. The lowest BCUT2D eigenvalue weighted by Crippen LogP contribution is -2.43. The van der Waals surface area contributed by atoms with Gasteiger partial charge < -0.3 is 35.3 Å². The Labute approximate surface area is 204 Å². The van der Waals surface area contributed by atoms with Gasteiger partial charge in [0.05, 0.1) is 32.3 Å². The van der Waals surface area contributed by atoms with Gasteiger partial charge in [-0.05, 0) is 18.4 Å². The van der Waals surface area contributed by atoms with Crippen LogP contribution in [-0.4, -0.2) is 74.5 Å². The molecule has 4 N–H and O–H groups in total. The van der Waals surface area contributed by atoms with Gasteiger partial charge in [0.1, 0.15) is 19.3 Å². The molecule has 11 nitrogen and oxygen atoms in total. The lowest BCUT2D eigenvalue weighted by Gasteiger charge is -2.19. The fourth-order valence-electron chi connectivity index (χ4n) is 3.19. The number of carbonyl (C=O) groups is 4. The van der Waals surface area contributed by atoms with Crippen LogP contribution in [-0.2, 0) is 35.2 Å². The molecule has 0 fully saturated rings. The predicted molar refractivity (Wildman–Crippen MR) is 125 cm³/mol. The number of esters is 1. The molecule has 35 heavy (non-hydrogen) atoms. The van der Waals surface area contributed by atoms with Gasteiger partial charge in [-0.2, -0.15) is 0 Å². The van der Waals surface area contributed by atoms with E-state index in [0.29, 0.717) is 0 Å². The van der Waals surface area contributed by atoms with Gasteiger partial charge in [-0.15, -0.1) is 0 Å². The summed E-state index contributed by atoms with van der Waals surface area (Å²) in [5.41, 5.74) is 0.812. The normalized spacial score (nSPS) is 18.9. The minimum atomic E-state index is -0.953. The molecule has 0 unspecified atom stereocenters. The fraction of sp³-hybridized carbons (Fsp3) is 0.500. The highest BCUT2D eigenvalue weighted by Gasteiger charge is 2.24. The molecule has 2 atom stereocenters. The highest BCUT2D eigenvalue weighted by atomic mass is 16.6. The number of allylic oxidation sites excluding steroid dienone is 1. The van der Waals surface area contributed by atoms with Crippen molar-refractivity contribution >= 4 is 23.9 Å². The van der Waals surface area contributed by atoms with Crippen LogP contribution in [0.2, 0.25) is 0 Å². The van der Waals surface area contributed by atoms with Crippen LogP contribution in [0.15, 0.2) is 42.5 Å². The Bertz CT molecular complexity index is 846. The molecule has 0 spiro atoms. The van der Waals surface area contributed by atoms with Crippen molar-refractivity contribution in [2.24, 2.45) is 5.92 Å². The van der Waals surface area contributed by atoms with E-state index in [1.807, 2.05) is 30.3 Å². The second-order valence-corrected chi connectivity index (χ2v) is 7.75.